The van der Waals surface area contributed by atoms with E-state index >= 15 is 0 Å². The number of hydrogen-bond acceptors (Lipinski definition) is 5. The SMILES string of the molecule is [NH-]c1c(CC2SCC3NC(=O)NC32)c(=O)c1=O.[SH-].[Y]. The zero-order valence-electron chi connectivity index (χ0n) is 9.80. The summed E-state index contributed by atoms with van der Waals surface area (Å²) in [6.07, 6.45) is 0.400. The van der Waals surface area contributed by atoms with Crippen LogP contribution in [0.2, 0.25) is 0 Å². The Bertz CT molecular complexity index is 573. The number of carbonyl (C=O) groups is 1. The number of hydrogen-bond donors (Lipinski definition) is 2. The van der Waals surface area contributed by atoms with Crippen LogP contribution in [-0.4, -0.2) is 29.1 Å². The van der Waals surface area contributed by atoms with Crippen molar-refractivity contribution in [2.45, 2.75) is 23.8 Å². The Morgan fingerprint density at radius 3 is 2.53 bits per heavy atom. The second-order valence-corrected chi connectivity index (χ2v) is 5.61. The second kappa shape index (κ2) is 6.16. The van der Waals surface area contributed by atoms with Crippen LogP contribution in [0.4, 0.5) is 10.5 Å². The van der Waals surface area contributed by atoms with Gasteiger partial charge in [-0.25, -0.2) is 4.79 Å². The molecule has 6 nitrogen and oxygen atoms in total. The van der Waals surface area contributed by atoms with E-state index in [1.54, 1.807) is 11.8 Å². The van der Waals surface area contributed by atoms with Gasteiger partial charge in [0.2, 0.25) is 10.9 Å². The summed E-state index contributed by atoms with van der Waals surface area (Å²) in [6.45, 7) is 0. The Morgan fingerprint density at radius 1 is 1.21 bits per heavy atom. The first-order valence-corrected chi connectivity index (χ1v) is 6.35. The van der Waals surface area contributed by atoms with E-state index in [1.165, 1.54) is 0 Å². The molecule has 19 heavy (non-hydrogen) atoms. The van der Waals surface area contributed by atoms with E-state index in [2.05, 4.69) is 10.6 Å². The van der Waals surface area contributed by atoms with Gasteiger partial charge in [0.1, 0.15) is 0 Å². The van der Waals surface area contributed by atoms with Crippen molar-refractivity contribution in [1.29, 1.82) is 0 Å². The fourth-order valence-corrected chi connectivity index (χ4v) is 3.90. The van der Waals surface area contributed by atoms with Gasteiger partial charge in [-0.3, -0.25) is 9.59 Å². The summed E-state index contributed by atoms with van der Waals surface area (Å²) in [4.78, 5) is 33.4. The average Bonchev–Trinajstić information content (AvgIpc) is 2.84. The zero-order chi connectivity index (χ0) is 12.2. The Hall–Kier alpha value is -0.0461. The number of thioether (sulfide) groups is 1. The minimum atomic E-state index is -0.687. The summed E-state index contributed by atoms with van der Waals surface area (Å²) in [6, 6.07) is -0.0872. The maximum absolute atomic E-state index is 11.3. The predicted octanol–water partition coefficient (Wildman–Crippen LogP) is -0.598. The molecule has 3 rings (SSSR count). The minimum Gasteiger partial charge on any atom is -0.813 e. The third-order valence-corrected chi connectivity index (χ3v) is 4.79. The molecule has 2 amide bonds. The summed E-state index contributed by atoms with van der Waals surface area (Å²) in [5.74, 6) is 0.802. The molecule has 1 radical (unpaired) electrons. The van der Waals surface area contributed by atoms with Gasteiger partial charge in [-0.05, 0) is 12.0 Å². The molecule has 1 aromatic rings. The first kappa shape index (κ1) is 17.0. The van der Waals surface area contributed by atoms with Gasteiger partial charge in [0.15, 0.2) is 0 Å². The van der Waals surface area contributed by atoms with Gasteiger partial charge in [-0.2, -0.15) is 11.8 Å². The van der Waals surface area contributed by atoms with Crippen molar-refractivity contribution >= 4 is 37.0 Å². The van der Waals surface area contributed by atoms with Gasteiger partial charge < -0.3 is 29.9 Å². The molecule has 0 saturated carbocycles. The largest absolute Gasteiger partial charge is 0.813 e. The third kappa shape index (κ3) is 2.72. The fourth-order valence-electron chi connectivity index (χ4n) is 2.40. The van der Waals surface area contributed by atoms with Crippen LogP contribution in [0, 0.1) is 0 Å². The van der Waals surface area contributed by atoms with E-state index < -0.39 is 10.9 Å². The molecule has 0 aliphatic carbocycles. The fraction of sp³-hybridized carbons (Fsp3) is 0.500. The molecule has 2 heterocycles. The summed E-state index contributed by atoms with van der Waals surface area (Å²) >= 11 is 1.66. The molecule has 0 spiro atoms. The summed E-state index contributed by atoms with van der Waals surface area (Å²) < 4.78 is 0. The van der Waals surface area contributed by atoms with Crippen LogP contribution in [0.15, 0.2) is 9.59 Å². The van der Waals surface area contributed by atoms with E-state index in [0.29, 0.717) is 12.0 Å². The summed E-state index contributed by atoms with van der Waals surface area (Å²) in [7, 11) is 0. The Balaban J connectivity index is 0.000000902. The molecular formula is C10H11N3O3S2Y-2. The number of carbonyl (C=O) groups excluding carboxylic acids is 1. The number of fused-ring (bicyclic) bond motifs is 1. The first-order chi connectivity index (χ1) is 8.08. The molecule has 0 aromatic heterocycles. The van der Waals surface area contributed by atoms with Crippen LogP contribution in [0.1, 0.15) is 5.56 Å². The number of rotatable bonds is 2. The van der Waals surface area contributed by atoms with Crippen LogP contribution in [0.3, 0.4) is 0 Å². The zero-order valence-corrected chi connectivity index (χ0v) is 14.4. The molecule has 2 aliphatic rings. The molecule has 0 bridgehead atoms. The van der Waals surface area contributed by atoms with Crippen LogP contribution >= 0.6 is 11.8 Å². The van der Waals surface area contributed by atoms with Gasteiger partial charge in [0.05, 0.1) is 12.1 Å². The molecule has 1 aromatic carbocycles. The Morgan fingerprint density at radius 2 is 1.89 bits per heavy atom. The third-order valence-electron chi connectivity index (χ3n) is 3.35. The van der Waals surface area contributed by atoms with Crippen molar-refractivity contribution in [2.75, 3.05) is 5.75 Å². The van der Waals surface area contributed by atoms with Crippen LogP contribution in [-0.2, 0) is 52.6 Å². The molecular weight excluding hydrogens is 363 g/mol. The van der Waals surface area contributed by atoms with E-state index in [4.69, 9.17) is 5.73 Å². The van der Waals surface area contributed by atoms with E-state index in [9.17, 15) is 14.4 Å². The average molecular weight is 374 g/mol. The van der Waals surface area contributed by atoms with E-state index in [0.717, 1.165) is 5.75 Å². The Labute approximate surface area is 145 Å². The number of urea groups is 1. The van der Waals surface area contributed by atoms with Crippen molar-refractivity contribution in [3.05, 3.63) is 31.7 Å². The monoisotopic (exact) mass is 374 g/mol. The van der Waals surface area contributed by atoms with Gasteiger partial charge in [0.25, 0.3) is 0 Å². The van der Waals surface area contributed by atoms with Crippen molar-refractivity contribution in [1.82, 2.24) is 10.6 Å². The summed E-state index contributed by atoms with van der Waals surface area (Å²) in [5.41, 5.74) is 6.34. The Kier molecular flexibility index (Phi) is 5.51. The van der Waals surface area contributed by atoms with Crippen LogP contribution in [0.5, 0.6) is 0 Å². The maximum Gasteiger partial charge on any atom is 0.315 e. The molecule has 2 aliphatic heterocycles. The number of nitrogens with one attached hydrogen (secondary N) is 3. The molecule has 2 fully saturated rings. The van der Waals surface area contributed by atoms with Crippen LogP contribution in [0.25, 0.3) is 5.73 Å². The van der Waals surface area contributed by atoms with E-state index in [1.807, 2.05) is 0 Å². The number of thiol groups is 1. The topological polar surface area (TPSA) is 99.1 Å². The molecule has 2 saturated heterocycles. The smallest absolute Gasteiger partial charge is 0.315 e. The van der Waals surface area contributed by atoms with Gasteiger partial charge >= 0.3 is 6.03 Å². The first-order valence-electron chi connectivity index (χ1n) is 5.30. The number of amides is 2. The predicted molar refractivity (Wildman–Crippen MR) is 73.3 cm³/mol. The molecule has 3 atom stereocenters. The quantitative estimate of drug-likeness (QED) is 0.312. The van der Waals surface area contributed by atoms with Crippen molar-refractivity contribution in [3.63, 3.8) is 0 Å². The van der Waals surface area contributed by atoms with Gasteiger partial charge in [-0.15, -0.1) is 0 Å². The molecule has 3 unspecified atom stereocenters. The normalized spacial score (nSPS) is 28.0. The van der Waals surface area contributed by atoms with Gasteiger partial charge in [0, 0.05) is 43.7 Å². The van der Waals surface area contributed by atoms with Crippen LogP contribution < -0.4 is 21.5 Å². The minimum absolute atomic E-state index is 0. The molecule has 101 valence electrons. The standard InChI is InChI=1S/C10H11N3O3S.H2S.Y/c11-6-3(8(14)9(6)15)1-5-7-4(2-17-5)12-10(16)13-7;;/h4-5,7H,1-2H2,(H4,11,12,13,14,16);1H2;/p-2. The molecule has 9 heteroatoms. The maximum atomic E-state index is 11.3. The second-order valence-electron chi connectivity index (χ2n) is 4.34. The van der Waals surface area contributed by atoms with Crippen molar-refractivity contribution in [3.8, 4) is 0 Å². The summed E-state index contributed by atoms with van der Waals surface area (Å²) in [5, 5.41) is 5.69. The molecule has 3 N–H and O–H groups in total. The van der Waals surface area contributed by atoms with Gasteiger partial charge in [-0.1, -0.05) is 5.69 Å². The van der Waals surface area contributed by atoms with E-state index in [-0.39, 0.29) is 75.3 Å². The van der Waals surface area contributed by atoms with Crippen molar-refractivity contribution < 1.29 is 37.5 Å². The van der Waals surface area contributed by atoms with Crippen molar-refractivity contribution in [2.24, 2.45) is 0 Å².